The Morgan fingerprint density at radius 2 is 0.456 bits per heavy atom. The zero-order chi connectivity index (χ0) is 57.1. The van der Waals surface area contributed by atoms with Crippen LogP contribution in [0.15, 0.2) is 48.6 Å². The predicted molar refractivity (Wildman–Crippen MR) is 344 cm³/mol. The Bertz CT molecular complexity index is 1360. The lowest BCUT2D eigenvalue weighted by Gasteiger charge is -2.18. The van der Waals surface area contributed by atoms with Crippen LogP contribution in [-0.2, 0) is 28.6 Å². The van der Waals surface area contributed by atoms with E-state index in [4.69, 9.17) is 14.2 Å². The second-order valence-corrected chi connectivity index (χ2v) is 23.8. The molecule has 0 aromatic carbocycles. The van der Waals surface area contributed by atoms with Gasteiger partial charge in [-0.15, -0.1) is 0 Å². The second kappa shape index (κ2) is 67.9. The predicted octanol–water partition coefficient (Wildman–Crippen LogP) is 24.1. The molecule has 0 saturated heterocycles. The van der Waals surface area contributed by atoms with Gasteiger partial charge in [0.05, 0.1) is 0 Å². The second-order valence-electron chi connectivity index (χ2n) is 23.8. The van der Waals surface area contributed by atoms with Crippen LogP contribution in [0.2, 0.25) is 0 Å². The number of rotatable bonds is 65. The van der Waals surface area contributed by atoms with Gasteiger partial charge in [-0.05, 0) is 103 Å². The van der Waals surface area contributed by atoms with Gasteiger partial charge in [0.1, 0.15) is 13.2 Å². The van der Waals surface area contributed by atoms with Crippen LogP contribution < -0.4 is 0 Å². The zero-order valence-electron chi connectivity index (χ0n) is 53.2. The fourth-order valence-corrected chi connectivity index (χ4v) is 10.5. The third kappa shape index (κ3) is 66.1. The van der Waals surface area contributed by atoms with Crippen LogP contribution in [-0.4, -0.2) is 37.2 Å². The molecule has 0 aromatic rings. The van der Waals surface area contributed by atoms with E-state index in [-0.39, 0.29) is 31.1 Å². The summed E-state index contributed by atoms with van der Waals surface area (Å²) in [5.41, 5.74) is 0. The molecule has 0 radical (unpaired) electrons. The Hall–Kier alpha value is -2.63. The summed E-state index contributed by atoms with van der Waals surface area (Å²) < 4.78 is 17.0. The average molecular weight is 1110 g/mol. The fourth-order valence-electron chi connectivity index (χ4n) is 10.5. The molecule has 0 aliphatic rings. The molecular formula is C73H134O6. The lowest BCUT2D eigenvalue weighted by molar-refractivity contribution is -0.167. The van der Waals surface area contributed by atoms with Crippen LogP contribution in [0.4, 0.5) is 0 Å². The van der Waals surface area contributed by atoms with Gasteiger partial charge in [-0.25, -0.2) is 0 Å². The van der Waals surface area contributed by atoms with Gasteiger partial charge in [0.2, 0.25) is 0 Å². The van der Waals surface area contributed by atoms with Crippen LogP contribution in [0.3, 0.4) is 0 Å². The molecule has 0 fully saturated rings. The summed E-state index contributed by atoms with van der Waals surface area (Å²) in [5.74, 6) is -0.862. The van der Waals surface area contributed by atoms with E-state index in [1.807, 2.05) is 0 Å². The van der Waals surface area contributed by atoms with Crippen molar-refractivity contribution in [1.29, 1.82) is 0 Å². The monoisotopic (exact) mass is 1110 g/mol. The summed E-state index contributed by atoms with van der Waals surface area (Å²) in [5, 5.41) is 0. The summed E-state index contributed by atoms with van der Waals surface area (Å²) in [6.45, 7) is 6.66. The third-order valence-corrected chi connectivity index (χ3v) is 15.8. The number of hydrogen-bond acceptors (Lipinski definition) is 6. The first-order chi connectivity index (χ1) is 39.0. The highest BCUT2D eigenvalue weighted by Gasteiger charge is 2.19. The number of esters is 3. The molecule has 462 valence electrons. The standard InChI is InChI=1S/C73H134O6/c1-4-7-10-13-16-19-22-25-28-31-32-33-34-35-36-37-38-39-40-43-45-48-51-54-57-60-63-66-72(75)78-69-70(79-73(76)67-64-61-58-55-52-49-46-42-30-27-24-21-18-15-12-9-6-3)68-77-71(74)65-62-59-56-53-50-47-44-41-29-26-23-20-17-14-11-8-5-2/h18,21,26-27,29-32,70H,4-17,19-20,22-25,28,33-69H2,1-3H3/b21-18-,29-26-,30-27-,32-31-. The number of unbranched alkanes of at least 4 members (excludes halogenated alkanes) is 46. The molecule has 0 amide bonds. The molecule has 6 heteroatoms. The summed E-state index contributed by atoms with van der Waals surface area (Å²) in [6.07, 6.45) is 85.6. The molecule has 0 spiro atoms. The maximum atomic E-state index is 12.9. The highest BCUT2D eigenvalue weighted by atomic mass is 16.6. The van der Waals surface area contributed by atoms with E-state index in [2.05, 4.69) is 69.4 Å². The maximum absolute atomic E-state index is 12.9. The minimum atomic E-state index is -0.779. The smallest absolute Gasteiger partial charge is 0.306 e. The molecule has 0 N–H and O–H groups in total. The number of ether oxygens (including phenoxy) is 3. The van der Waals surface area contributed by atoms with E-state index in [0.29, 0.717) is 19.3 Å². The van der Waals surface area contributed by atoms with Crippen molar-refractivity contribution in [2.24, 2.45) is 0 Å². The van der Waals surface area contributed by atoms with Gasteiger partial charge >= 0.3 is 17.9 Å². The number of carbonyl (C=O) groups is 3. The normalized spacial score (nSPS) is 12.3. The van der Waals surface area contributed by atoms with Crippen molar-refractivity contribution in [3.05, 3.63) is 48.6 Å². The van der Waals surface area contributed by atoms with Crippen molar-refractivity contribution in [2.45, 2.75) is 386 Å². The first-order valence-corrected chi connectivity index (χ1v) is 35.1. The molecule has 0 aliphatic heterocycles. The lowest BCUT2D eigenvalue weighted by atomic mass is 10.0. The first-order valence-electron chi connectivity index (χ1n) is 35.1. The van der Waals surface area contributed by atoms with E-state index in [1.165, 1.54) is 270 Å². The largest absolute Gasteiger partial charge is 0.462 e. The third-order valence-electron chi connectivity index (χ3n) is 15.8. The molecule has 79 heavy (non-hydrogen) atoms. The van der Waals surface area contributed by atoms with Gasteiger partial charge < -0.3 is 14.2 Å². The molecular weight excluding hydrogens is 973 g/mol. The SMILES string of the molecule is CCCCC/C=C\C/C=C\CCCCCCCCCC(=O)OC(COC(=O)CCCCCCCCC/C=C\CCCCCCCC)COC(=O)CCCCCCCCCCCCCCCCC/C=C\CCCCCCCCCC. The minimum absolute atomic E-state index is 0.0744. The summed E-state index contributed by atoms with van der Waals surface area (Å²) in [7, 11) is 0. The summed E-state index contributed by atoms with van der Waals surface area (Å²) >= 11 is 0. The Kier molecular flexibility index (Phi) is 65.6. The maximum Gasteiger partial charge on any atom is 0.306 e. The quantitative estimate of drug-likeness (QED) is 0.0261. The Morgan fingerprint density at radius 1 is 0.253 bits per heavy atom. The Balaban J connectivity index is 4.27. The number of allylic oxidation sites excluding steroid dienone is 8. The lowest BCUT2D eigenvalue weighted by Crippen LogP contribution is -2.30. The molecule has 0 bridgehead atoms. The van der Waals surface area contributed by atoms with Gasteiger partial charge in [0.15, 0.2) is 6.10 Å². The van der Waals surface area contributed by atoms with Crippen LogP contribution in [0.1, 0.15) is 380 Å². The van der Waals surface area contributed by atoms with Gasteiger partial charge in [0, 0.05) is 19.3 Å². The highest BCUT2D eigenvalue weighted by molar-refractivity contribution is 5.71. The van der Waals surface area contributed by atoms with Crippen molar-refractivity contribution in [3.8, 4) is 0 Å². The Labute approximate surface area is 492 Å². The van der Waals surface area contributed by atoms with E-state index >= 15 is 0 Å². The number of hydrogen-bond donors (Lipinski definition) is 0. The van der Waals surface area contributed by atoms with Crippen molar-refractivity contribution >= 4 is 17.9 Å². The molecule has 0 heterocycles. The van der Waals surface area contributed by atoms with E-state index in [0.717, 1.165) is 70.6 Å². The van der Waals surface area contributed by atoms with Crippen LogP contribution >= 0.6 is 0 Å². The molecule has 0 aliphatic carbocycles. The van der Waals surface area contributed by atoms with Crippen LogP contribution in [0, 0.1) is 0 Å². The van der Waals surface area contributed by atoms with E-state index < -0.39 is 6.10 Å². The minimum Gasteiger partial charge on any atom is -0.462 e. The van der Waals surface area contributed by atoms with Crippen molar-refractivity contribution in [2.75, 3.05) is 13.2 Å². The molecule has 1 unspecified atom stereocenters. The van der Waals surface area contributed by atoms with E-state index in [9.17, 15) is 14.4 Å². The molecule has 0 aromatic heterocycles. The first kappa shape index (κ1) is 76.4. The topological polar surface area (TPSA) is 78.9 Å². The van der Waals surface area contributed by atoms with Crippen molar-refractivity contribution < 1.29 is 28.6 Å². The van der Waals surface area contributed by atoms with Crippen molar-refractivity contribution in [1.82, 2.24) is 0 Å². The molecule has 0 saturated carbocycles. The van der Waals surface area contributed by atoms with Gasteiger partial charge in [-0.3, -0.25) is 14.4 Å². The van der Waals surface area contributed by atoms with Gasteiger partial charge in [-0.2, -0.15) is 0 Å². The van der Waals surface area contributed by atoms with Crippen molar-refractivity contribution in [3.63, 3.8) is 0 Å². The summed E-state index contributed by atoms with van der Waals surface area (Å²) in [6, 6.07) is 0. The van der Waals surface area contributed by atoms with Crippen LogP contribution in [0.5, 0.6) is 0 Å². The van der Waals surface area contributed by atoms with Crippen LogP contribution in [0.25, 0.3) is 0 Å². The van der Waals surface area contributed by atoms with E-state index in [1.54, 1.807) is 0 Å². The average Bonchev–Trinajstić information content (AvgIpc) is 3.45. The highest BCUT2D eigenvalue weighted by Crippen LogP contribution is 2.18. The molecule has 0 rings (SSSR count). The van der Waals surface area contributed by atoms with Gasteiger partial charge in [-0.1, -0.05) is 307 Å². The summed E-state index contributed by atoms with van der Waals surface area (Å²) in [4.78, 5) is 38.4. The molecule has 6 nitrogen and oxygen atoms in total. The zero-order valence-corrected chi connectivity index (χ0v) is 53.2. The van der Waals surface area contributed by atoms with Gasteiger partial charge in [0.25, 0.3) is 0 Å². The fraction of sp³-hybridized carbons (Fsp3) is 0.849. The number of carbonyl (C=O) groups excluding carboxylic acids is 3. The molecule has 1 atom stereocenters. The Morgan fingerprint density at radius 3 is 0.734 bits per heavy atom.